The maximum absolute atomic E-state index is 12.8. The average Bonchev–Trinajstić information content (AvgIpc) is 2.53. The molecule has 1 aromatic carbocycles. The molecule has 1 N–H and O–H groups in total. The molecule has 1 atom stereocenters. The Labute approximate surface area is 133 Å². The van der Waals surface area contributed by atoms with E-state index in [1.165, 1.54) is 23.9 Å². The minimum absolute atomic E-state index is 0.0583. The van der Waals surface area contributed by atoms with Crippen LogP contribution in [0.4, 0.5) is 4.39 Å². The first-order valence-corrected chi connectivity index (χ1v) is 7.82. The number of ether oxygens (including phenoxy) is 1. The van der Waals surface area contributed by atoms with Gasteiger partial charge in [-0.2, -0.15) is 0 Å². The third-order valence-electron chi connectivity index (χ3n) is 2.74. The number of carbonyl (C=O) groups is 1. The van der Waals surface area contributed by atoms with Crippen molar-refractivity contribution in [2.45, 2.75) is 17.9 Å². The van der Waals surface area contributed by atoms with Crippen LogP contribution in [0.5, 0.6) is 5.75 Å². The predicted molar refractivity (Wildman–Crippen MR) is 84.5 cm³/mol. The molecule has 1 heterocycles. The Morgan fingerprint density at radius 3 is 2.64 bits per heavy atom. The molecule has 0 aliphatic rings. The molecule has 0 spiro atoms. The van der Waals surface area contributed by atoms with Gasteiger partial charge in [0.25, 0.3) is 0 Å². The predicted octanol–water partition coefficient (Wildman–Crippen LogP) is 2.90. The standard InChI is InChI=1S/C16H17FN2O2S/c1-12(10-21-14-4-2-13(17)3-5-14)19-16(20)11-22-15-6-8-18-9-7-15/h2-9,12H,10-11H2,1H3,(H,19,20). The van der Waals surface area contributed by atoms with Gasteiger partial charge in [0.05, 0.1) is 11.8 Å². The molecule has 2 rings (SSSR count). The molecule has 0 aliphatic carbocycles. The van der Waals surface area contributed by atoms with E-state index < -0.39 is 0 Å². The quantitative estimate of drug-likeness (QED) is 0.797. The van der Waals surface area contributed by atoms with Crippen LogP contribution in [0.1, 0.15) is 6.92 Å². The molecule has 6 heteroatoms. The Morgan fingerprint density at radius 1 is 1.27 bits per heavy atom. The summed E-state index contributed by atoms with van der Waals surface area (Å²) in [5.41, 5.74) is 0. The second-order valence-electron chi connectivity index (χ2n) is 4.71. The zero-order valence-corrected chi connectivity index (χ0v) is 13.0. The fourth-order valence-corrected chi connectivity index (χ4v) is 2.39. The number of hydrogen-bond acceptors (Lipinski definition) is 4. The zero-order chi connectivity index (χ0) is 15.8. The largest absolute Gasteiger partial charge is 0.491 e. The van der Waals surface area contributed by atoms with Crippen molar-refractivity contribution in [3.05, 3.63) is 54.6 Å². The number of nitrogens with one attached hydrogen (secondary N) is 1. The van der Waals surface area contributed by atoms with Crippen LogP contribution in [0.3, 0.4) is 0 Å². The first kappa shape index (κ1) is 16.3. The van der Waals surface area contributed by atoms with E-state index in [4.69, 9.17) is 4.74 Å². The van der Waals surface area contributed by atoms with Crippen LogP contribution < -0.4 is 10.1 Å². The van der Waals surface area contributed by atoms with Gasteiger partial charge in [0, 0.05) is 17.3 Å². The van der Waals surface area contributed by atoms with Gasteiger partial charge in [0.1, 0.15) is 18.2 Å². The number of pyridine rings is 1. The highest BCUT2D eigenvalue weighted by Crippen LogP contribution is 2.15. The van der Waals surface area contributed by atoms with Crippen LogP contribution >= 0.6 is 11.8 Å². The highest BCUT2D eigenvalue weighted by molar-refractivity contribution is 8.00. The van der Waals surface area contributed by atoms with Crippen molar-refractivity contribution in [1.82, 2.24) is 10.3 Å². The summed E-state index contributed by atoms with van der Waals surface area (Å²) >= 11 is 1.45. The third kappa shape index (κ3) is 5.73. The molecule has 2 aromatic rings. The molecule has 1 aromatic heterocycles. The first-order valence-electron chi connectivity index (χ1n) is 6.84. The van der Waals surface area contributed by atoms with E-state index in [9.17, 15) is 9.18 Å². The minimum Gasteiger partial charge on any atom is -0.491 e. The van der Waals surface area contributed by atoms with Gasteiger partial charge in [-0.15, -0.1) is 11.8 Å². The second kappa shape index (κ2) is 8.38. The highest BCUT2D eigenvalue weighted by Gasteiger charge is 2.08. The molecular weight excluding hydrogens is 303 g/mol. The lowest BCUT2D eigenvalue weighted by Gasteiger charge is -2.15. The summed E-state index contributed by atoms with van der Waals surface area (Å²) in [4.78, 5) is 16.8. The Balaban J connectivity index is 1.68. The van der Waals surface area contributed by atoms with Crippen molar-refractivity contribution in [2.24, 2.45) is 0 Å². The Bertz CT molecular complexity index is 593. The van der Waals surface area contributed by atoms with Crippen molar-refractivity contribution in [3.63, 3.8) is 0 Å². The molecule has 0 saturated carbocycles. The Kier molecular flexibility index (Phi) is 6.21. The lowest BCUT2D eigenvalue weighted by molar-refractivity contribution is -0.119. The van der Waals surface area contributed by atoms with Gasteiger partial charge in [0.2, 0.25) is 5.91 Å². The number of halogens is 1. The zero-order valence-electron chi connectivity index (χ0n) is 12.2. The van der Waals surface area contributed by atoms with Crippen LogP contribution in [0, 0.1) is 5.82 Å². The van der Waals surface area contributed by atoms with E-state index >= 15 is 0 Å². The van der Waals surface area contributed by atoms with E-state index in [-0.39, 0.29) is 17.8 Å². The molecule has 0 fully saturated rings. The second-order valence-corrected chi connectivity index (χ2v) is 5.75. The summed E-state index contributed by atoms with van der Waals surface area (Å²) < 4.78 is 18.3. The van der Waals surface area contributed by atoms with Crippen LogP contribution in [-0.4, -0.2) is 29.3 Å². The molecule has 116 valence electrons. The molecule has 0 saturated heterocycles. The SMILES string of the molecule is CC(COc1ccc(F)cc1)NC(=O)CSc1ccncc1. The van der Waals surface area contributed by atoms with Crippen molar-refractivity contribution in [1.29, 1.82) is 0 Å². The molecule has 0 radical (unpaired) electrons. The maximum Gasteiger partial charge on any atom is 0.230 e. The van der Waals surface area contributed by atoms with E-state index in [1.807, 2.05) is 19.1 Å². The Morgan fingerprint density at radius 2 is 1.95 bits per heavy atom. The maximum atomic E-state index is 12.8. The summed E-state index contributed by atoms with van der Waals surface area (Å²) in [7, 11) is 0. The van der Waals surface area contributed by atoms with Gasteiger partial charge in [0.15, 0.2) is 0 Å². The number of carbonyl (C=O) groups excluding carboxylic acids is 1. The van der Waals surface area contributed by atoms with Gasteiger partial charge in [-0.1, -0.05) is 0 Å². The summed E-state index contributed by atoms with van der Waals surface area (Å²) in [6, 6.07) is 9.38. The van der Waals surface area contributed by atoms with Crippen molar-refractivity contribution in [3.8, 4) is 5.75 Å². The summed E-state index contributed by atoms with van der Waals surface area (Å²) in [5, 5.41) is 2.86. The van der Waals surface area contributed by atoms with Crippen LogP contribution in [-0.2, 0) is 4.79 Å². The lowest BCUT2D eigenvalue weighted by atomic mass is 10.3. The number of nitrogens with zero attached hydrogens (tertiary/aromatic N) is 1. The van der Waals surface area contributed by atoms with Crippen LogP contribution in [0.2, 0.25) is 0 Å². The number of benzene rings is 1. The number of aromatic nitrogens is 1. The fraction of sp³-hybridized carbons (Fsp3) is 0.250. The van der Waals surface area contributed by atoms with Gasteiger partial charge in [-0.25, -0.2) is 4.39 Å². The fourth-order valence-electron chi connectivity index (χ4n) is 1.69. The third-order valence-corrected chi connectivity index (χ3v) is 3.75. The monoisotopic (exact) mass is 320 g/mol. The number of thioether (sulfide) groups is 1. The highest BCUT2D eigenvalue weighted by atomic mass is 32.2. The topological polar surface area (TPSA) is 51.2 Å². The molecule has 4 nitrogen and oxygen atoms in total. The normalized spacial score (nSPS) is 11.7. The number of rotatable bonds is 7. The molecule has 1 unspecified atom stereocenters. The van der Waals surface area contributed by atoms with Gasteiger partial charge < -0.3 is 10.1 Å². The first-order chi connectivity index (χ1) is 10.6. The van der Waals surface area contributed by atoms with Crippen molar-refractivity contribution >= 4 is 17.7 Å². The molecular formula is C16H17FN2O2S. The van der Waals surface area contributed by atoms with Crippen LogP contribution in [0.15, 0.2) is 53.7 Å². The molecule has 0 aliphatic heterocycles. The molecule has 22 heavy (non-hydrogen) atoms. The van der Waals surface area contributed by atoms with E-state index in [0.29, 0.717) is 18.1 Å². The van der Waals surface area contributed by atoms with Crippen molar-refractivity contribution < 1.29 is 13.9 Å². The minimum atomic E-state index is -0.304. The summed E-state index contributed by atoms with van der Waals surface area (Å²) in [6.07, 6.45) is 3.39. The van der Waals surface area contributed by atoms with E-state index in [0.717, 1.165) is 4.90 Å². The number of hydrogen-bond donors (Lipinski definition) is 1. The van der Waals surface area contributed by atoms with Gasteiger partial charge in [-0.3, -0.25) is 9.78 Å². The number of amides is 1. The smallest absolute Gasteiger partial charge is 0.230 e. The Hall–Kier alpha value is -2.08. The molecule has 0 bridgehead atoms. The van der Waals surface area contributed by atoms with E-state index in [1.54, 1.807) is 24.5 Å². The van der Waals surface area contributed by atoms with Gasteiger partial charge in [-0.05, 0) is 43.3 Å². The van der Waals surface area contributed by atoms with E-state index in [2.05, 4.69) is 10.3 Å². The summed E-state index contributed by atoms with van der Waals surface area (Å²) in [5.74, 6) is 0.553. The summed E-state index contributed by atoms with van der Waals surface area (Å²) in [6.45, 7) is 2.19. The average molecular weight is 320 g/mol. The van der Waals surface area contributed by atoms with Gasteiger partial charge >= 0.3 is 0 Å². The lowest BCUT2D eigenvalue weighted by Crippen LogP contribution is -2.37. The van der Waals surface area contributed by atoms with Crippen molar-refractivity contribution in [2.75, 3.05) is 12.4 Å². The molecule has 1 amide bonds. The van der Waals surface area contributed by atoms with Crippen LogP contribution in [0.25, 0.3) is 0 Å².